The van der Waals surface area contributed by atoms with E-state index >= 15 is 0 Å². The Balaban J connectivity index is 2.50. The third-order valence-electron chi connectivity index (χ3n) is 2.65. The largest absolute Gasteiger partial charge is 0.306 e. The van der Waals surface area contributed by atoms with Crippen molar-refractivity contribution in [3.63, 3.8) is 0 Å². The van der Waals surface area contributed by atoms with E-state index in [0.717, 1.165) is 22.2 Å². The number of halogens is 2. The number of hydrogen-bond donors (Lipinski definition) is 1. The summed E-state index contributed by atoms with van der Waals surface area (Å²) in [5.41, 5.74) is 1.73. The highest BCUT2D eigenvalue weighted by Crippen LogP contribution is 2.19. The first-order chi connectivity index (χ1) is 8.97. The maximum Gasteiger partial charge on any atom is 0.264 e. The molecular weight excluding hydrogens is 419 g/mol. The van der Waals surface area contributed by atoms with Gasteiger partial charge in [-0.3, -0.25) is 4.79 Å². The number of rotatable bonds is 3. The molecule has 3 nitrogen and oxygen atoms in total. The summed E-state index contributed by atoms with van der Waals surface area (Å²) in [6.45, 7) is 4.25. The number of nitrogens with zero attached hydrogens (tertiary/aromatic N) is 1. The van der Waals surface area contributed by atoms with Crippen LogP contribution in [0.15, 0.2) is 33.5 Å². The van der Waals surface area contributed by atoms with Crippen LogP contribution in [0.25, 0.3) is 11.4 Å². The molecule has 0 amide bonds. The number of aromatic amines is 1. The molecule has 1 N–H and O–H groups in total. The van der Waals surface area contributed by atoms with Gasteiger partial charge in [0, 0.05) is 10.0 Å². The van der Waals surface area contributed by atoms with Gasteiger partial charge in [0.05, 0.1) is 9.26 Å². The van der Waals surface area contributed by atoms with Crippen molar-refractivity contribution in [2.45, 2.75) is 20.3 Å². The van der Waals surface area contributed by atoms with Crippen molar-refractivity contribution in [2.75, 3.05) is 0 Å². The lowest BCUT2D eigenvalue weighted by atomic mass is 10.1. The predicted molar refractivity (Wildman–Crippen MR) is 89.3 cm³/mol. The average Bonchev–Trinajstić information content (AvgIpc) is 2.35. The zero-order valence-electron chi connectivity index (χ0n) is 10.7. The summed E-state index contributed by atoms with van der Waals surface area (Å²) >= 11 is 5.46. The van der Waals surface area contributed by atoms with Crippen LogP contribution in [-0.4, -0.2) is 9.97 Å². The molecule has 0 radical (unpaired) electrons. The maximum atomic E-state index is 12.0. The summed E-state index contributed by atoms with van der Waals surface area (Å²) < 4.78 is 1.69. The molecule has 0 saturated carbocycles. The summed E-state index contributed by atoms with van der Waals surface area (Å²) in [6, 6.07) is 7.76. The fourth-order valence-corrected chi connectivity index (χ4v) is 2.51. The van der Waals surface area contributed by atoms with E-state index in [2.05, 4.69) is 62.3 Å². The summed E-state index contributed by atoms with van der Waals surface area (Å²) in [5, 5.41) is 0. The van der Waals surface area contributed by atoms with E-state index in [0.29, 0.717) is 15.3 Å². The van der Waals surface area contributed by atoms with Crippen molar-refractivity contribution in [3.8, 4) is 11.4 Å². The molecule has 0 unspecified atom stereocenters. The average molecular weight is 433 g/mol. The van der Waals surface area contributed by atoms with E-state index in [4.69, 9.17) is 0 Å². The summed E-state index contributed by atoms with van der Waals surface area (Å²) in [4.78, 5) is 19.4. The smallest absolute Gasteiger partial charge is 0.264 e. The van der Waals surface area contributed by atoms with Gasteiger partial charge in [0.2, 0.25) is 0 Å². The van der Waals surface area contributed by atoms with E-state index < -0.39 is 0 Å². The second-order valence-electron chi connectivity index (χ2n) is 4.78. The van der Waals surface area contributed by atoms with E-state index in [1.807, 2.05) is 24.3 Å². The Morgan fingerprint density at radius 1 is 1.32 bits per heavy atom. The lowest BCUT2D eigenvalue weighted by molar-refractivity contribution is 0.631. The number of nitrogens with one attached hydrogen (secondary N) is 1. The van der Waals surface area contributed by atoms with Crippen LogP contribution in [0.4, 0.5) is 0 Å². The van der Waals surface area contributed by atoms with Crippen LogP contribution in [0.2, 0.25) is 0 Å². The second-order valence-corrected chi connectivity index (χ2v) is 6.77. The molecule has 0 saturated heterocycles. The molecule has 100 valence electrons. The van der Waals surface area contributed by atoms with Gasteiger partial charge in [-0.05, 0) is 47.1 Å². The van der Waals surface area contributed by atoms with Gasteiger partial charge in [-0.1, -0.05) is 41.9 Å². The zero-order valence-corrected chi connectivity index (χ0v) is 14.4. The highest BCUT2D eigenvalue weighted by Gasteiger charge is 2.11. The third-order valence-corrected chi connectivity index (χ3v) is 4.29. The first kappa shape index (κ1) is 14.7. The van der Waals surface area contributed by atoms with Crippen LogP contribution in [0.3, 0.4) is 0 Å². The number of H-pyrrole nitrogens is 1. The normalized spacial score (nSPS) is 11.0. The van der Waals surface area contributed by atoms with Gasteiger partial charge in [-0.2, -0.15) is 0 Å². The van der Waals surface area contributed by atoms with Crippen LogP contribution in [0.5, 0.6) is 0 Å². The first-order valence-corrected chi connectivity index (χ1v) is 7.89. The monoisotopic (exact) mass is 432 g/mol. The predicted octanol–water partition coefficient (Wildman–Crippen LogP) is 4.00. The van der Waals surface area contributed by atoms with Gasteiger partial charge in [-0.25, -0.2) is 4.98 Å². The number of benzene rings is 1. The van der Waals surface area contributed by atoms with E-state index in [1.54, 1.807) is 0 Å². The van der Waals surface area contributed by atoms with E-state index in [9.17, 15) is 4.79 Å². The highest BCUT2D eigenvalue weighted by atomic mass is 127. The molecule has 0 aliphatic rings. The number of aromatic nitrogens is 2. The minimum absolute atomic E-state index is 0.0656. The molecule has 2 rings (SSSR count). The topological polar surface area (TPSA) is 45.8 Å². The fourth-order valence-electron chi connectivity index (χ4n) is 1.77. The Labute approximate surface area is 134 Å². The van der Waals surface area contributed by atoms with Crippen molar-refractivity contribution >= 4 is 38.5 Å². The van der Waals surface area contributed by atoms with Gasteiger partial charge in [0.15, 0.2) is 0 Å². The molecule has 0 spiro atoms. The molecule has 0 aliphatic carbocycles. The highest BCUT2D eigenvalue weighted by molar-refractivity contribution is 14.1. The zero-order chi connectivity index (χ0) is 14.0. The molecule has 2 aromatic rings. The van der Waals surface area contributed by atoms with Crippen LogP contribution in [0.1, 0.15) is 19.5 Å². The molecule has 19 heavy (non-hydrogen) atoms. The molecule has 1 heterocycles. The van der Waals surface area contributed by atoms with E-state index in [-0.39, 0.29) is 5.56 Å². The fraction of sp³-hybridized carbons (Fsp3) is 0.286. The van der Waals surface area contributed by atoms with Crippen molar-refractivity contribution in [1.29, 1.82) is 0 Å². The Morgan fingerprint density at radius 3 is 2.53 bits per heavy atom. The SMILES string of the molecule is CC(C)Cc1nc(-c2ccc(Br)cc2)[nH]c(=O)c1I. The van der Waals surface area contributed by atoms with Crippen molar-refractivity contribution < 1.29 is 0 Å². The second kappa shape index (κ2) is 6.17. The van der Waals surface area contributed by atoms with Crippen LogP contribution in [-0.2, 0) is 6.42 Å². The molecule has 1 aromatic carbocycles. The standard InChI is InChI=1S/C14H14BrIN2O/c1-8(2)7-11-12(16)14(19)18-13(17-11)9-3-5-10(15)6-4-9/h3-6,8H,7H2,1-2H3,(H,17,18,19). The Kier molecular flexibility index (Phi) is 4.78. The minimum atomic E-state index is -0.0656. The molecule has 5 heteroatoms. The lowest BCUT2D eigenvalue weighted by Gasteiger charge is -2.09. The molecule has 1 aromatic heterocycles. The van der Waals surface area contributed by atoms with Crippen LogP contribution in [0, 0.1) is 9.49 Å². The van der Waals surface area contributed by atoms with Gasteiger partial charge in [-0.15, -0.1) is 0 Å². The lowest BCUT2D eigenvalue weighted by Crippen LogP contribution is -2.17. The molecule has 0 atom stereocenters. The summed E-state index contributed by atoms with van der Waals surface area (Å²) in [6.07, 6.45) is 0.811. The van der Waals surface area contributed by atoms with Crippen molar-refractivity contribution in [1.82, 2.24) is 9.97 Å². The number of hydrogen-bond acceptors (Lipinski definition) is 2. The molecular formula is C14H14BrIN2O. The van der Waals surface area contributed by atoms with Crippen LogP contribution < -0.4 is 5.56 Å². The first-order valence-electron chi connectivity index (χ1n) is 6.02. The van der Waals surface area contributed by atoms with E-state index in [1.165, 1.54) is 0 Å². The molecule has 0 bridgehead atoms. The molecule has 0 fully saturated rings. The van der Waals surface area contributed by atoms with Crippen molar-refractivity contribution in [2.24, 2.45) is 5.92 Å². The third kappa shape index (κ3) is 3.66. The van der Waals surface area contributed by atoms with Gasteiger partial charge >= 0.3 is 0 Å². The van der Waals surface area contributed by atoms with Gasteiger partial charge in [0.25, 0.3) is 5.56 Å². The Bertz CT molecular complexity index is 635. The van der Waals surface area contributed by atoms with Crippen LogP contribution >= 0.6 is 38.5 Å². The van der Waals surface area contributed by atoms with Gasteiger partial charge in [0.1, 0.15) is 5.82 Å². The summed E-state index contributed by atoms with van der Waals surface area (Å²) in [5.74, 6) is 1.11. The molecule has 0 aliphatic heterocycles. The minimum Gasteiger partial charge on any atom is -0.306 e. The summed E-state index contributed by atoms with van der Waals surface area (Å²) in [7, 11) is 0. The van der Waals surface area contributed by atoms with Crippen molar-refractivity contribution in [3.05, 3.63) is 48.4 Å². The Hall–Kier alpha value is -0.690. The maximum absolute atomic E-state index is 12.0. The Morgan fingerprint density at radius 2 is 1.95 bits per heavy atom. The quantitative estimate of drug-likeness (QED) is 0.745. The van der Waals surface area contributed by atoms with Gasteiger partial charge < -0.3 is 4.98 Å².